The zero-order valence-electron chi connectivity index (χ0n) is 13.9. The Morgan fingerprint density at radius 1 is 0.762 bits per heavy atom. The molecule has 2 atom stereocenters. The van der Waals surface area contributed by atoms with E-state index in [1.54, 1.807) is 0 Å². The van der Waals surface area contributed by atoms with Crippen LogP contribution in [-0.4, -0.2) is 0 Å². The Hall–Kier alpha value is -1.60. The molecule has 1 heteroatoms. The molecule has 0 aromatic heterocycles. The van der Waals surface area contributed by atoms with Crippen LogP contribution in [0.1, 0.15) is 55.1 Å². The SMILES string of the molecule is Cc1cc(C)cc(C(C)NC(c2ccccc2)C(C)C)c1. The molecule has 0 aliphatic carbocycles. The maximum absolute atomic E-state index is 3.80. The molecule has 2 aromatic carbocycles. The van der Waals surface area contributed by atoms with Gasteiger partial charge in [0.25, 0.3) is 0 Å². The maximum atomic E-state index is 3.80. The molecule has 1 N–H and O–H groups in total. The highest BCUT2D eigenvalue weighted by molar-refractivity contribution is 5.31. The third kappa shape index (κ3) is 4.18. The Morgan fingerprint density at radius 2 is 1.33 bits per heavy atom. The fourth-order valence-corrected chi connectivity index (χ4v) is 2.96. The summed E-state index contributed by atoms with van der Waals surface area (Å²) in [5, 5.41) is 3.80. The van der Waals surface area contributed by atoms with E-state index in [1.165, 1.54) is 22.3 Å². The van der Waals surface area contributed by atoms with Crippen molar-refractivity contribution >= 4 is 0 Å². The Kier molecular flexibility index (Phi) is 5.19. The second kappa shape index (κ2) is 6.91. The van der Waals surface area contributed by atoms with Gasteiger partial charge in [-0.1, -0.05) is 73.5 Å². The molecule has 0 bridgehead atoms. The van der Waals surface area contributed by atoms with Gasteiger partial charge in [-0.25, -0.2) is 0 Å². The minimum absolute atomic E-state index is 0.344. The van der Waals surface area contributed by atoms with Gasteiger partial charge in [-0.05, 0) is 37.8 Å². The lowest BCUT2D eigenvalue weighted by molar-refractivity contribution is 0.374. The van der Waals surface area contributed by atoms with E-state index in [2.05, 4.69) is 88.5 Å². The molecule has 0 amide bonds. The molecular weight excluding hydrogens is 254 g/mol. The smallest absolute Gasteiger partial charge is 0.0348 e. The monoisotopic (exact) mass is 281 g/mol. The van der Waals surface area contributed by atoms with Crippen LogP contribution >= 0.6 is 0 Å². The van der Waals surface area contributed by atoms with Crippen molar-refractivity contribution in [2.45, 2.75) is 46.7 Å². The fourth-order valence-electron chi connectivity index (χ4n) is 2.96. The van der Waals surface area contributed by atoms with Crippen LogP contribution in [0.3, 0.4) is 0 Å². The Bertz CT molecular complexity index is 551. The second-order valence-corrected chi connectivity index (χ2v) is 6.44. The molecule has 0 aliphatic rings. The predicted octanol–water partition coefficient (Wildman–Crippen LogP) is 5.35. The number of benzene rings is 2. The highest BCUT2D eigenvalue weighted by atomic mass is 14.9. The van der Waals surface area contributed by atoms with Crippen molar-refractivity contribution in [1.29, 1.82) is 0 Å². The lowest BCUT2D eigenvalue weighted by Gasteiger charge is -2.27. The molecule has 0 fully saturated rings. The van der Waals surface area contributed by atoms with Gasteiger partial charge in [0.15, 0.2) is 0 Å². The highest BCUT2D eigenvalue weighted by Gasteiger charge is 2.18. The first-order valence-corrected chi connectivity index (χ1v) is 7.86. The van der Waals surface area contributed by atoms with E-state index >= 15 is 0 Å². The topological polar surface area (TPSA) is 12.0 Å². The van der Waals surface area contributed by atoms with Gasteiger partial charge in [-0.3, -0.25) is 0 Å². The third-order valence-electron chi connectivity index (χ3n) is 4.00. The summed E-state index contributed by atoms with van der Waals surface area (Å²) in [6.45, 7) is 11.1. The summed E-state index contributed by atoms with van der Waals surface area (Å²) >= 11 is 0. The first kappa shape index (κ1) is 15.8. The van der Waals surface area contributed by atoms with Gasteiger partial charge in [0.2, 0.25) is 0 Å². The Morgan fingerprint density at radius 3 is 1.86 bits per heavy atom. The van der Waals surface area contributed by atoms with Crippen LogP contribution < -0.4 is 5.32 Å². The highest BCUT2D eigenvalue weighted by Crippen LogP contribution is 2.26. The normalized spacial score (nSPS) is 14.2. The van der Waals surface area contributed by atoms with Crippen molar-refractivity contribution in [3.63, 3.8) is 0 Å². The van der Waals surface area contributed by atoms with E-state index in [0.29, 0.717) is 18.0 Å². The standard InChI is InChI=1S/C20H27N/c1-14(2)20(18-9-7-6-8-10-18)21-17(5)19-12-15(3)11-16(4)13-19/h6-14,17,20-21H,1-5H3. The molecule has 2 aromatic rings. The zero-order chi connectivity index (χ0) is 15.4. The van der Waals surface area contributed by atoms with Gasteiger partial charge in [0, 0.05) is 12.1 Å². The van der Waals surface area contributed by atoms with Crippen LogP contribution in [0.5, 0.6) is 0 Å². The van der Waals surface area contributed by atoms with Crippen LogP contribution in [0.2, 0.25) is 0 Å². The summed E-state index contributed by atoms with van der Waals surface area (Å²) in [5.41, 5.74) is 5.40. The zero-order valence-corrected chi connectivity index (χ0v) is 13.9. The summed E-state index contributed by atoms with van der Waals surface area (Å²) in [5.74, 6) is 0.556. The van der Waals surface area contributed by atoms with Crippen molar-refractivity contribution in [1.82, 2.24) is 5.32 Å². The summed E-state index contributed by atoms with van der Waals surface area (Å²) < 4.78 is 0. The van der Waals surface area contributed by atoms with E-state index in [0.717, 1.165) is 0 Å². The molecule has 0 aliphatic heterocycles. The van der Waals surface area contributed by atoms with E-state index < -0.39 is 0 Å². The average Bonchev–Trinajstić information content (AvgIpc) is 2.44. The van der Waals surface area contributed by atoms with Crippen molar-refractivity contribution in [2.75, 3.05) is 0 Å². The molecule has 2 unspecified atom stereocenters. The first-order valence-electron chi connectivity index (χ1n) is 7.86. The molecular formula is C20H27N. The van der Waals surface area contributed by atoms with Gasteiger partial charge in [0.05, 0.1) is 0 Å². The van der Waals surface area contributed by atoms with Gasteiger partial charge in [0.1, 0.15) is 0 Å². The largest absolute Gasteiger partial charge is 0.303 e. The Labute approximate surface area is 129 Å². The predicted molar refractivity (Wildman–Crippen MR) is 91.5 cm³/mol. The molecule has 0 radical (unpaired) electrons. The summed E-state index contributed by atoms with van der Waals surface area (Å²) in [6, 6.07) is 18.3. The number of aryl methyl sites for hydroxylation is 2. The number of hydrogen-bond donors (Lipinski definition) is 1. The third-order valence-corrected chi connectivity index (χ3v) is 4.00. The van der Waals surface area contributed by atoms with Crippen molar-refractivity contribution in [3.05, 3.63) is 70.8 Å². The number of rotatable bonds is 5. The van der Waals surface area contributed by atoms with Gasteiger partial charge < -0.3 is 5.32 Å². The maximum Gasteiger partial charge on any atom is 0.0348 e. The van der Waals surface area contributed by atoms with Crippen molar-refractivity contribution in [3.8, 4) is 0 Å². The average molecular weight is 281 g/mol. The lowest BCUT2D eigenvalue weighted by atomic mass is 9.94. The molecule has 1 nitrogen and oxygen atoms in total. The van der Waals surface area contributed by atoms with E-state index in [4.69, 9.17) is 0 Å². The van der Waals surface area contributed by atoms with Crippen LogP contribution in [0.4, 0.5) is 0 Å². The molecule has 0 saturated carbocycles. The molecule has 0 saturated heterocycles. The van der Waals surface area contributed by atoms with Gasteiger partial charge >= 0.3 is 0 Å². The summed E-state index contributed by atoms with van der Waals surface area (Å²) in [6.07, 6.45) is 0. The van der Waals surface area contributed by atoms with Gasteiger partial charge in [-0.15, -0.1) is 0 Å². The summed E-state index contributed by atoms with van der Waals surface area (Å²) in [7, 11) is 0. The number of nitrogens with one attached hydrogen (secondary N) is 1. The molecule has 112 valence electrons. The molecule has 2 rings (SSSR count). The van der Waals surface area contributed by atoms with E-state index in [9.17, 15) is 0 Å². The van der Waals surface area contributed by atoms with Crippen LogP contribution in [-0.2, 0) is 0 Å². The van der Waals surface area contributed by atoms with Crippen molar-refractivity contribution < 1.29 is 0 Å². The first-order chi connectivity index (χ1) is 9.97. The minimum atomic E-state index is 0.344. The van der Waals surface area contributed by atoms with E-state index in [-0.39, 0.29) is 0 Å². The minimum Gasteiger partial charge on any atom is -0.303 e. The quantitative estimate of drug-likeness (QED) is 0.779. The molecule has 0 heterocycles. The van der Waals surface area contributed by atoms with Gasteiger partial charge in [-0.2, -0.15) is 0 Å². The fraction of sp³-hybridized carbons (Fsp3) is 0.400. The van der Waals surface area contributed by atoms with Crippen molar-refractivity contribution in [2.24, 2.45) is 5.92 Å². The summed E-state index contributed by atoms with van der Waals surface area (Å²) in [4.78, 5) is 0. The van der Waals surface area contributed by atoms with Crippen LogP contribution in [0.25, 0.3) is 0 Å². The van der Waals surface area contributed by atoms with Crippen LogP contribution in [0.15, 0.2) is 48.5 Å². The molecule has 21 heavy (non-hydrogen) atoms. The van der Waals surface area contributed by atoms with E-state index in [1.807, 2.05) is 0 Å². The Balaban J connectivity index is 2.20. The lowest BCUT2D eigenvalue weighted by Crippen LogP contribution is -2.28. The molecule has 0 spiro atoms. The number of hydrogen-bond acceptors (Lipinski definition) is 1. The second-order valence-electron chi connectivity index (χ2n) is 6.44. The van der Waals surface area contributed by atoms with Crippen LogP contribution in [0, 0.1) is 19.8 Å².